The number of fused-ring (bicyclic) bond motifs is 13. The minimum atomic E-state index is 0.0232. The van der Waals surface area contributed by atoms with Crippen molar-refractivity contribution in [3.63, 3.8) is 0 Å². The third-order valence-corrected chi connectivity index (χ3v) is 17.1. The van der Waals surface area contributed by atoms with Crippen molar-refractivity contribution < 1.29 is 0 Å². The first-order chi connectivity index (χ1) is 37.2. The molecule has 0 bridgehead atoms. The van der Waals surface area contributed by atoms with Crippen molar-refractivity contribution in [3.8, 4) is 22.7 Å². The molecule has 0 saturated heterocycles. The maximum absolute atomic E-state index is 2.50. The molecular weight excluding hydrogens is 945 g/mol. The number of benzene rings is 10. The Morgan fingerprint density at radius 3 is 0.744 bits per heavy atom. The van der Waals surface area contributed by atoms with Crippen LogP contribution in [0, 0.1) is 0 Å². The van der Waals surface area contributed by atoms with Crippen molar-refractivity contribution in [2.45, 2.75) is 105 Å². The standard InChI is InChI=1S/C74H68N4/c1-71(2,3)47-23-29-63-57(39-47)58-40-48(72(4,5)6)24-30-64(58)77(63)53-27-33-67-61(43-53)55-35-45-36-56-62-44-54(78-65-31-25-49(73(7,8)9)41-59(65)60-42-50(74(10,11)12)26-32-66(60)78)28-34-68(62)76(52-21-17-14-18-22-52)70(56)38-46(45)37-69(55)75(67)51-19-15-13-16-20-51/h13-44H,1-12H3. The largest absolute Gasteiger partial charge is 0.309 e. The van der Waals surface area contributed by atoms with E-state index in [-0.39, 0.29) is 21.7 Å². The van der Waals surface area contributed by atoms with Gasteiger partial charge >= 0.3 is 0 Å². The Kier molecular flexibility index (Phi) is 10.2. The van der Waals surface area contributed by atoms with Gasteiger partial charge < -0.3 is 18.3 Å². The molecule has 0 atom stereocenters. The monoisotopic (exact) mass is 1010 g/mol. The molecule has 0 saturated carbocycles. The molecule has 0 spiro atoms. The van der Waals surface area contributed by atoms with Gasteiger partial charge in [-0.05, 0) is 188 Å². The lowest BCUT2D eigenvalue weighted by atomic mass is 9.85. The normalized spacial score (nSPS) is 13.1. The third-order valence-electron chi connectivity index (χ3n) is 17.1. The van der Waals surface area contributed by atoms with E-state index >= 15 is 0 Å². The quantitative estimate of drug-likeness (QED) is 0.167. The van der Waals surface area contributed by atoms with Gasteiger partial charge in [-0.15, -0.1) is 0 Å². The second-order valence-corrected chi connectivity index (χ2v) is 26.4. The van der Waals surface area contributed by atoms with Crippen LogP contribution in [0.4, 0.5) is 0 Å². The summed E-state index contributed by atoms with van der Waals surface area (Å²) in [5, 5.41) is 12.5. The first-order valence-electron chi connectivity index (χ1n) is 28.0. The van der Waals surface area contributed by atoms with Gasteiger partial charge in [-0.25, -0.2) is 0 Å². The van der Waals surface area contributed by atoms with Gasteiger partial charge in [0.15, 0.2) is 0 Å². The smallest absolute Gasteiger partial charge is 0.0547 e. The molecule has 0 aliphatic rings. The van der Waals surface area contributed by atoms with Crippen LogP contribution in [0.2, 0.25) is 0 Å². The molecule has 0 radical (unpaired) electrons. The van der Waals surface area contributed by atoms with E-state index in [0.717, 1.165) is 22.7 Å². The van der Waals surface area contributed by atoms with Crippen LogP contribution in [0.3, 0.4) is 0 Å². The lowest BCUT2D eigenvalue weighted by Gasteiger charge is -2.19. The van der Waals surface area contributed by atoms with Crippen LogP contribution in [-0.4, -0.2) is 18.3 Å². The van der Waals surface area contributed by atoms with Crippen molar-refractivity contribution in [2.24, 2.45) is 0 Å². The molecule has 78 heavy (non-hydrogen) atoms. The van der Waals surface area contributed by atoms with Crippen LogP contribution in [-0.2, 0) is 21.7 Å². The van der Waals surface area contributed by atoms with Crippen molar-refractivity contribution in [1.29, 1.82) is 0 Å². The fourth-order valence-corrected chi connectivity index (χ4v) is 12.7. The predicted molar refractivity (Wildman–Crippen MR) is 336 cm³/mol. The van der Waals surface area contributed by atoms with Crippen LogP contribution in [0.1, 0.15) is 105 Å². The van der Waals surface area contributed by atoms with Crippen LogP contribution in [0.25, 0.3) is 121 Å². The van der Waals surface area contributed by atoms with E-state index in [1.165, 1.54) is 120 Å². The average Bonchev–Trinajstić information content (AvgIpc) is 4.31. The first-order valence-corrected chi connectivity index (χ1v) is 28.0. The molecule has 10 aromatic carbocycles. The van der Waals surface area contributed by atoms with Crippen LogP contribution in [0.15, 0.2) is 194 Å². The summed E-state index contributed by atoms with van der Waals surface area (Å²) in [5.74, 6) is 0. The summed E-state index contributed by atoms with van der Waals surface area (Å²) >= 11 is 0. The van der Waals surface area contributed by atoms with Gasteiger partial charge in [0, 0.05) is 65.8 Å². The van der Waals surface area contributed by atoms with Crippen molar-refractivity contribution in [2.75, 3.05) is 0 Å². The fourth-order valence-electron chi connectivity index (χ4n) is 12.7. The Bertz CT molecular complexity index is 4350. The number of nitrogens with zero attached hydrogens (tertiary/aromatic N) is 4. The number of rotatable bonds is 4. The van der Waals surface area contributed by atoms with Crippen molar-refractivity contribution >= 4 is 98.0 Å². The molecule has 0 aliphatic carbocycles. The highest BCUT2D eigenvalue weighted by Gasteiger charge is 2.25. The molecule has 14 aromatic rings. The minimum absolute atomic E-state index is 0.0232. The van der Waals surface area contributed by atoms with Crippen LogP contribution in [0.5, 0.6) is 0 Å². The lowest BCUT2D eigenvalue weighted by molar-refractivity contribution is 0.590. The average molecular weight is 1010 g/mol. The topological polar surface area (TPSA) is 19.7 Å². The minimum Gasteiger partial charge on any atom is -0.309 e. The summed E-state index contributed by atoms with van der Waals surface area (Å²) in [5.41, 5.74) is 19.7. The molecule has 0 N–H and O–H groups in total. The maximum atomic E-state index is 2.50. The van der Waals surface area contributed by atoms with E-state index < -0.39 is 0 Å². The summed E-state index contributed by atoms with van der Waals surface area (Å²) in [6.07, 6.45) is 0. The van der Waals surface area contributed by atoms with Gasteiger partial charge in [0.1, 0.15) is 0 Å². The second kappa shape index (κ2) is 16.6. The Labute approximate surface area is 457 Å². The van der Waals surface area contributed by atoms with Crippen molar-refractivity contribution in [1.82, 2.24) is 18.3 Å². The Hall–Kier alpha value is -8.34. The molecule has 4 heterocycles. The molecular formula is C74H68N4. The molecule has 0 amide bonds. The third kappa shape index (κ3) is 7.39. The molecule has 4 nitrogen and oxygen atoms in total. The number of hydrogen-bond donors (Lipinski definition) is 0. The molecule has 0 aliphatic heterocycles. The highest BCUT2D eigenvalue weighted by molar-refractivity contribution is 6.20. The van der Waals surface area contributed by atoms with E-state index in [4.69, 9.17) is 0 Å². The highest BCUT2D eigenvalue weighted by atomic mass is 15.0. The van der Waals surface area contributed by atoms with Gasteiger partial charge in [-0.2, -0.15) is 0 Å². The van der Waals surface area contributed by atoms with Gasteiger partial charge in [0.2, 0.25) is 0 Å². The summed E-state index contributed by atoms with van der Waals surface area (Å²) in [7, 11) is 0. The van der Waals surface area contributed by atoms with Gasteiger partial charge in [0.05, 0.1) is 44.1 Å². The van der Waals surface area contributed by atoms with Gasteiger partial charge in [-0.1, -0.05) is 144 Å². The van der Waals surface area contributed by atoms with E-state index in [2.05, 4.69) is 295 Å². The Morgan fingerprint density at radius 1 is 0.205 bits per heavy atom. The first kappa shape index (κ1) is 48.1. The summed E-state index contributed by atoms with van der Waals surface area (Å²) in [6, 6.07) is 74.4. The van der Waals surface area contributed by atoms with E-state index in [0.29, 0.717) is 0 Å². The Morgan fingerprint density at radius 2 is 0.449 bits per heavy atom. The fraction of sp³-hybridized carbons (Fsp3) is 0.216. The van der Waals surface area contributed by atoms with Crippen LogP contribution < -0.4 is 0 Å². The molecule has 4 aromatic heterocycles. The SMILES string of the molecule is CC(C)(C)c1ccc2c(c1)c1cc(C(C)(C)C)ccc1n2-c1ccc2c(c1)c1cc3cc4c5cc(-n6c7ccc(C(C)(C)C)cc7c7cc(C(C)(C)C)ccc76)ccc5n(-c5ccccc5)c4cc3cc1n2-c1ccccc1. The summed E-state index contributed by atoms with van der Waals surface area (Å²) in [6.45, 7) is 27.8. The van der Waals surface area contributed by atoms with E-state index in [9.17, 15) is 0 Å². The molecule has 4 heteroatoms. The van der Waals surface area contributed by atoms with E-state index in [1.54, 1.807) is 0 Å². The van der Waals surface area contributed by atoms with Crippen LogP contribution >= 0.6 is 0 Å². The van der Waals surface area contributed by atoms with E-state index in [1.807, 2.05) is 0 Å². The van der Waals surface area contributed by atoms with Gasteiger partial charge in [0.25, 0.3) is 0 Å². The lowest BCUT2D eigenvalue weighted by Crippen LogP contribution is -2.10. The molecule has 0 unspecified atom stereocenters. The zero-order chi connectivity index (χ0) is 53.9. The maximum Gasteiger partial charge on any atom is 0.0547 e. The second-order valence-electron chi connectivity index (χ2n) is 26.4. The number of aromatic nitrogens is 4. The zero-order valence-corrected chi connectivity index (χ0v) is 47.3. The Balaban J connectivity index is 1.03. The van der Waals surface area contributed by atoms with Gasteiger partial charge in [-0.3, -0.25) is 0 Å². The summed E-state index contributed by atoms with van der Waals surface area (Å²) in [4.78, 5) is 0. The highest BCUT2D eigenvalue weighted by Crippen LogP contribution is 2.44. The molecule has 384 valence electrons. The number of para-hydroxylation sites is 2. The summed E-state index contributed by atoms with van der Waals surface area (Å²) < 4.78 is 9.93. The molecule has 14 rings (SSSR count). The zero-order valence-electron chi connectivity index (χ0n) is 47.3. The predicted octanol–water partition coefficient (Wildman–Crippen LogP) is 20.4. The molecule has 0 fully saturated rings. The van der Waals surface area contributed by atoms with Crippen molar-refractivity contribution in [3.05, 3.63) is 216 Å². The number of hydrogen-bond acceptors (Lipinski definition) is 0.